The quantitative estimate of drug-likeness (QED) is 0.0261. The molecule has 75 heavy (non-hydrogen) atoms. The fourth-order valence-corrected chi connectivity index (χ4v) is 7.86. The van der Waals surface area contributed by atoms with E-state index in [1.165, 1.54) is 44.9 Å². The third kappa shape index (κ3) is 60.0. The second kappa shape index (κ2) is 61.8. The molecule has 6 heteroatoms. The zero-order chi connectivity index (χ0) is 54.3. The predicted octanol–water partition coefficient (Wildman–Crippen LogP) is 20.8. The summed E-state index contributed by atoms with van der Waals surface area (Å²) < 4.78 is 16.8. The maximum absolute atomic E-state index is 12.8. The maximum atomic E-state index is 12.8. The molecule has 0 aromatic carbocycles. The van der Waals surface area contributed by atoms with Crippen molar-refractivity contribution >= 4 is 17.9 Å². The van der Waals surface area contributed by atoms with Gasteiger partial charge in [0.25, 0.3) is 0 Å². The zero-order valence-electron chi connectivity index (χ0n) is 48.3. The number of hydrogen-bond acceptors (Lipinski definition) is 6. The Hall–Kier alpha value is -4.71. The summed E-state index contributed by atoms with van der Waals surface area (Å²) in [6.07, 6.45) is 88.6. The summed E-state index contributed by atoms with van der Waals surface area (Å²) in [6, 6.07) is 0. The third-order valence-corrected chi connectivity index (χ3v) is 12.3. The van der Waals surface area contributed by atoms with Gasteiger partial charge in [0.2, 0.25) is 0 Å². The highest BCUT2D eigenvalue weighted by Gasteiger charge is 2.19. The summed E-state index contributed by atoms with van der Waals surface area (Å²) in [7, 11) is 0. The lowest BCUT2D eigenvalue weighted by molar-refractivity contribution is -0.167. The molecule has 0 aromatic heterocycles. The topological polar surface area (TPSA) is 78.9 Å². The molecule has 0 spiro atoms. The number of carbonyl (C=O) groups excluding carboxylic acids is 3. The molecule has 0 aliphatic heterocycles. The van der Waals surface area contributed by atoms with Crippen LogP contribution in [0.25, 0.3) is 0 Å². The van der Waals surface area contributed by atoms with Crippen LogP contribution in [0.15, 0.2) is 146 Å². The van der Waals surface area contributed by atoms with Crippen LogP contribution in [0.2, 0.25) is 0 Å². The van der Waals surface area contributed by atoms with E-state index >= 15 is 0 Å². The van der Waals surface area contributed by atoms with Gasteiger partial charge in [0.15, 0.2) is 6.10 Å². The Morgan fingerprint density at radius 1 is 0.280 bits per heavy atom. The molecule has 1 atom stereocenters. The first-order valence-electron chi connectivity index (χ1n) is 30.3. The van der Waals surface area contributed by atoms with Gasteiger partial charge in [0.05, 0.1) is 0 Å². The number of ether oxygens (including phenoxy) is 3. The number of carbonyl (C=O) groups is 3. The molecular weight excluding hydrogens is 925 g/mol. The summed E-state index contributed by atoms with van der Waals surface area (Å²) >= 11 is 0. The van der Waals surface area contributed by atoms with Crippen LogP contribution in [-0.4, -0.2) is 37.2 Å². The summed E-state index contributed by atoms with van der Waals surface area (Å²) in [4.78, 5) is 38.0. The fourth-order valence-electron chi connectivity index (χ4n) is 7.86. The zero-order valence-corrected chi connectivity index (χ0v) is 48.3. The van der Waals surface area contributed by atoms with Crippen molar-refractivity contribution in [3.05, 3.63) is 146 Å². The number of rotatable bonds is 53. The predicted molar refractivity (Wildman–Crippen MR) is 325 cm³/mol. The van der Waals surface area contributed by atoms with Crippen molar-refractivity contribution in [2.45, 2.75) is 258 Å². The highest BCUT2D eigenvalue weighted by atomic mass is 16.6. The maximum Gasteiger partial charge on any atom is 0.306 e. The molecule has 0 fully saturated rings. The van der Waals surface area contributed by atoms with Gasteiger partial charge in [0, 0.05) is 19.3 Å². The fraction of sp³-hybridized carbons (Fsp3) is 0.609. The summed E-state index contributed by atoms with van der Waals surface area (Å²) in [5.41, 5.74) is 0. The minimum atomic E-state index is -0.796. The third-order valence-electron chi connectivity index (χ3n) is 12.3. The van der Waals surface area contributed by atoms with Gasteiger partial charge in [-0.05, 0) is 122 Å². The highest BCUT2D eigenvalue weighted by Crippen LogP contribution is 2.14. The van der Waals surface area contributed by atoms with E-state index in [2.05, 4.69) is 167 Å². The van der Waals surface area contributed by atoms with Crippen LogP contribution in [0, 0.1) is 0 Å². The Bertz CT molecular complexity index is 1660. The van der Waals surface area contributed by atoms with Crippen LogP contribution in [0.5, 0.6) is 0 Å². The molecule has 0 radical (unpaired) electrons. The first-order valence-corrected chi connectivity index (χ1v) is 30.3. The van der Waals surface area contributed by atoms with E-state index in [4.69, 9.17) is 14.2 Å². The van der Waals surface area contributed by atoms with Gasteiger partial charge < -0.3 is 14.2 Å². The van der Waals surface area contributed by atoms with Crippen molar-refractivity contribution in [3.63, 3.8) is 0 Å². The highest BCUT2D eigenvalue weighted by molar-refractivity contribution is 5.71. The van der Waals surface area contributed by atoms with E-state index in [0.29, 0.717) is 19.3 Å². The minimum absolute atomic E-state index is 0.0934. The Kier molecular flexibility index (Phi) is 58.0. The van der Waals surface area contributed by atoms with Crippen LogP contribution >= 0.6 is 0 Å². The Morgan fingerprint density at radius 2 is 0.520 bits per heavy atom. The second-order valence-electron chi connectivity index (χ2n) is 19.5. The monoisotopic (exact) mass is 1030 g/mol. The number of unbranched alkanes of at least 4 members (excludes halogenated alkanes) is 18. The van der Waals surface area contributed by atoms with Crippen molar-refractivity contribution in [3.8, 4) is 0 Å². The molecule has 0 aromatic rings. The van der Waals surface area contributed by atoms with E-state index in [0.717, 1.165) is 167 Å². The summed E-state index contributed by atoms with van der Waals surface area (Å²) in [5.74, 6) is -0.936. The van der Waals surface area contributed by atoms with Crippen molar-refractivity contribution in [1.82, 2.24) is 0 Å². The SMILES string of the molecule is CC/C=C\C/C=C\C/C=C\C/C=C\C/C=C\C/C=C\C/C=C\CCCCCCCC(=O)OCC(COC(=O)CCCCCCCCC)OC(=O)CCCCCCCCC/C=C\C/C=C\C/C=C\C/C=C\C/C=C\CC. The standard InChI is InChI=1S/C69H110O6/c1-4-7-10-13-16-18-20-22-24-26-28-30-32-33-34-35-37-38-40-42-44-46-48-50-53-56-59-62-68(71)74-65-66(64-73-67(70)61-58-55-52-15-12-9-6-3)75-69(72)63-60-57-54-51-49-47-45-43-41-39-36-31-29-27-25-23-21-19-17-14-11-8-5-2/h7-8,10-11,16-19,22-25,28-31,33-34,37-39,41-42,44,66H,4-6,9,12-15,20-21,26-27,32,35-36,40,43,45-65H2,1-3H3/b10-7-,11-8-,18-16-,19-17-,24-22-,25-23-,30-28-,31-29-,34-33-,38-37-,41-39-,44-42-. The average Bonchev–Trinajstić information content (AvgIpc) is 3.41. The molecule has 0 bridgehead atoms. The lowest BCUT2D eigenvalue weighted by Crippen LogP contribution is -2.30. The molecule has 1 unspecified atom stereocenters. The Balaban J connectivity index is 4.28. The Labute approximate surface area is 461 Å². The van der Waals surface area contributed by atoms with Crippen LogP contribution < -0.4 is 0 Å². The lowest BCUT2D eigenvalue weighted by Gasteiger charge is -2.18. The smallest absolute Gasteiger partial charge is 0.306 e. The molecule has 0 aliphatic carbocycles. The molecule has 0 saturated heterocycles. The van der Waals surface area contributed by atoms with Crippen molar-refractivity contribution in [2.75, 3.05) is 13.2 Å². The molecule has 422 valence electrons. The molecule has 0 aliphatic rings. The summed E-state index contributed by atoms with van der Waals surface area (Å²) in [6.45, 7) is 6.34. The van der Waals surface area contributed by atoms with Crippen LogP contribution in [0.3, 0.4) is 0 Å². The minimum Gasteiger partial charge on any atom is -0.462 e. The van der Waals surface area contributed by atoms with Crippen LogP contribution in [-0.2, 0) is 28.6 Å². The van der Waals surface area contributed by atoms with Gasteiger partial charge >= 0.3 is 17.9 Å². The molecule has 0 saturated carbocycles. The molecule has 0 N–H and O–H groups in total. The largest absolute Gasteiger partial charge is 0.462 e. The number of hydrogen-bond donors (Lipinski definition) is 0. The van der Waals surface area contributed by atoms with Gasteiger partial charge in [-0.1, -0.05) is 256 Å². The van der Waals surface area contributed by atoms with Gasteiger partial charge in [-0.25, -0.2) is 0 Å². The van der Waals surface area contributed by atoms with Gasteiger partial charge in [-0.3, -0.25) is 14.4 Å². The van der Waals surface area contributed by atoms with Crippen LogP contribution in [0.4, 0.5) is 0 Å². The summed E-state index contributed by atoms with van der Waals surface area (Å²) in [5, 5.41) is 0. The average molecular weight is 1040 g/mol. The molecule has 0 heterocycles. The van der Waals surface area contributed by atoms with E-state index in [1.54, 1.807) is 0 Å². The number of allylic oxidation sites excluding steroid dienone is 24. The van der Waals surface area contributed by atoms with Gasteiger partial charge in [-0.15, -0.1) is 0 Å². The normalized spacial score (nSPS) is 13.2. The van der Waals surface area contributed by atoms with E-state index in [9.17, 15) is 14.4 Å². The molecular formula is C69H110O6. The van der Waals surface area contributed by atoms with Gasteiger partial charge in [0.1, 0.15) is 13.2 Å². The molecule has 0 rings (SSSR count). The van der Waals surface area contributed by atoms with E-state index < -0.39 is 6.10 Å². The lowest BCUT2D eigenvalue weighted by atomic mass is 10.1. The first-order chi connectivity index (χ1) is 37.0. The van der Waals surface area contributed by atoms with Gasteiger partial charge in [-0.2, -0.15) is 0 Å². The second-order valence-corrected chi connectivity index (χ2v) is 19.5. The van der Waals surface area contributed by atoms with Crippen molar-refractivity contribution in [2.24, 2.45) is 0 Å². The molecule has 0 amide bonds. The molecule has 6 nitrogen and oxygen atoms in total. The first kappa shape index (κ1) is 70.3. The van der Waals surface area contributed by atoms with Crippen LogP contribution in [0.1, 0.15) is 252 Å². The van der Waals surface area contributed by atoms with E-state index in [-0.39, 0.29) is 31.1 Å². The number of esters is 3. The van der Waals surface area contributed by atoms with E-state index in [1.807, 2.05) is 0 Å². The van der Waals surface area contributed by atoms with Crippen molar-refractivity contribution < 1.29 is 28.6 Å². The Morgan fingerprint density at radius 3 is 0.813 bits per heavy atom. The van der Waals surface area contributed by atoms with Crippen molar-refractivity contribution in [1.29, 1.82) is 0 Å².